The topological polar surface area (TPSA) is 52.3 Å². The molecule has 0 aromatic heterocycles. The fourth-order valence-corrected chi connectivity index (χ4v) is 1.31. The van der Waals surface area contributed by atoms with Gasteiger partial charge in [-0.25, -0.2) is 4.79 Å². The molecule has 0 fully saturated rings. The monoisotopic (exact) mass is 239 g/mol. The lowest BCUT2D eigenvalue weighted by Crippen LogP contribution is -2.04. The molecule has 0 unspecified atom stereocenters. The Hall–Kier alpha value is -1.66. The predicted octanol–water partition coefficient (Wildman–Crippen LogP) is 2.72. The fraction of sp³-hybridized carbons (Fsp3) is 0.250. The minimum atomic E-state index is -0.536. The summed E-state index contributed by atoms with van der Waals surface area (Å²) in [6, 6.07) is 3.00. The number of hydrogen-bond acceptors (Lipinski definition) is 3. The molecule has 0 heterocycles. The van der Waals surface area contributed by atoms with E-state index in [1.807, 2.05) is 13.8 Å². The van der Waals surface area contributed by atoms with Crippen LogP contribution in [0, 0.1) is 12.3 Å². The van der Waals surface area contributed by atoms with E-state index >= 15 is 0 Å². The third kappa shape index (κ3) is 2.91. The van der Waals surface area contributed by atoms with Gasteiger partial charge < -0.3 is 10.5 Å². The quantitative estimate of drug-likeness (QED) is 0.466. The molecule has 0 aliphatic heterocycles. The van der Waals surface area contributed by atoms with E-state index in [9.17, 15) is 4.79 Å². The van der Waals surface area contributed by atoms with Gasteiger partial charge in [0.15, 0.2) is 0 Å². The average Bonchev–Trinajstić information content (AvgIpc) is 2.31. The van der Waals surface area contributed by atoms with Crippen LogP contribution >= 0.6 is 11.6 Å². The van der Waals surface area contributed by atoms with Crippen LogP contribution in [-0.2, 0) is 4.74 Å². The van der Waals surface area contributed by atoms with Crippen LogP contribution in [0.15, 0.2) is 12.1 Å². The Morgan fingerprint density at radius 3 is 2.50 bits per heavy atom. The smallest absolute Gasteiger partial charge is 0.339 e. The van der Waals surface area contributed by atoms with Crippen molar-refractivity contribution in [2.75, 3.05) is 12.8 Å². The molecule has 1 rings (SSSR count). The van der Waals surface area contributed by atoms with Gasteiger partial charge in [0.1, 0.15) is 0 Å². The number of ether oxygens (including phenoxy) is 1. The molecular weight excluding hydrogens is 226 g/mol. The Kier molecular flexibility index (Phi) is 6.06. The van der Waals surface area contributed by atoms with Gasteiger partial charge in [-0.3, -0.25) is 0 Å². The van der Waals surface area contributed by atoms with Crippen molar-refractivity contribution in [2.45, 2.75) is 13.8 Å². The number of esters is 1. The summed E-state index contributed by atoms with van der Waals surface area (Å²) in [4.78, 5) is 11.2. The highest BCUT2D eigenvalue weighted by molar-refractivity contribution is 6.35. The molecule has 0 atom stereocenters. The Balaban J connectivity index is 0.00000106. The lowest BCUT2D eigenvalue weighted by Gasteiger charge is -2.06. The number of hydrogen-bond donors (Lipinski definition) is 1. The number of methoxy groups -OCH3 is 1. The zero-order valence-electron chi connectivity index (χ0n) is 9.50. The average molecular weight is 240 g/mol. The van der Waals surface area contributed by atoms with Crippen molar-refractivity contribution in [2.24, 2.45) is 0 Å². The van der Waals surface area contributed by atoms with Gasteiger partial charge >= 0.3 is 5.97 Å². The van der Waals surface area contributed by atoms with Gasteiger partial charge in [-0.05, 0) is 12.1 Å². The van der Waals surface area contributed by atoms with E-state index in [-0.39, 0.29) is 10.6 Å². The molecule has 2 N–H and O–H groups in total. The number of carbonyl (C=O) groups is 1. The van der Waals surface area contributed by atoms with E-state index in [2.05, 4.69) is 10.7 Å². The molecule has 0 saturated heterocycles. The molecule has 0 saturated carbocycles. The Bertz CT molecular complexity index is 422. The number of anilines is 1. The first-order chi connectivity index (χ1) is 7.61. The van der Waals surface area contributed by atoms with E-state index in [4.69, 9.17) is 23.8 Å². The third-order valence-electron chi connectivity index (χ3n) is 1.72. The third-order valence-corrected chi connectivity index (χ3v) is 2.12. The first-order valence-electron chi connectivity index (χ1n) is 4.74. The lowest BCUT2D eigenvalue weighted by molar-refractivity contribution is 0.0601. The van der Waals surface area contributed by atoms with Gasteiger partial charge in [0.05, 0.1) is 23.3 Å². The summed E-state index contributed by atoms with van der Waals surface area (Å²) >= 11 is 5.86. The Morgan fingerprint density at radius 1 is 1.50 bits per heavy atom. The molecule has 0 bridgehead atoms. The SMILES string of the molecule is C#Cc1c(N)ccc(C(=O)OC)c1Cl.CC. The van der Waals surface area contributed by atoms with Gasteiger partial charge in [-0.2, -0.15) is 0 Å². The van der Waals surface area contributed by atoms with Crippen LogP contribution in [-0.4, -0.2) is 13.1 Å². The highest BCUT2D eigenvalue weighted by atomic mass is 35.5. The second kappa shape index (κ2) is 6.76. The standard InChI is InChI=1S/C10H8ClNO2.C2H6/c1-3-6-8(12)5-4-7(9(6)11)10(13)14-2;1-2/h1,4-5H,12H2,2H3;1-2H3. The minimum Gasteiger partial charge on any atom is -0.465 e. The van der Waals surface area contributed by atoms with Crippen LogP contribution in [0.2, 0.25) is 5.02 Å². The van der Waals surface area contributed by atoms with Crippen LogP contribution in [0.25, 0.3) is 0 Å². The van der Waals surface area contributed by atoms with Gasteiger partial charge in [0.2, 0.25) is 0 Å². The lowest BCUT2D eigenvalue weighted by atomic mass is 10.1. The minimum absolute atomic E-state index is 0.152. The summed E-state index contributed by atoms with van der Waals surface area (Å²) in [7, 11) is 1.27. The highest BCUT2D eigenvalue weighted by Gasteiger charge is 2.14. The molecular formula is C12H14ClNO2. The number of terminal acetylenes is 1. The van der Waals surface area contributed by atoms with Gasteiger partial charge in [0, 0.05) is 5.69 Å². The first-order valence-corrected chi connectivity index (χ1v) is 5.12. The molecule has 0 spiro atoms. The van der Waals surface area contributed by atoms with Crippen molar-refractivity contribution in [1.82, 2.24) is 0 Å². The number of rotatable bonds is 1. The van der Waals surface area contributed by atoms with Crippen molar-refractivity contribution in [3.63, 3.8) is 0 Å². The maximum Gasteiger partial charge on any atom is 0.339 e. The van der Waals surface area contributed by atoms with E-state index in [1.54, 1.807) is 0 Å². The summed E-state index contributed by atoms with van der Waals surface area (Å²) < 4.78 is 4.52. The second-order valence-corrected chi connectivity index (χ2v) is 2.91. The van der Waals surface area contributed by atoms with E-state index in [1.165, 1.54) is 19.2 Å². The van der Waals surface area contributed by atoms with Crippen LogP contribution in [0.5, 0.6) is 0 Å². The van der Waals surface area contributed by atoms with E-state index in [0.29, 0.717) is 11.3 Å². The predicted molar refractivity (Wildman–Crippen MR) is 66.5 cm³/mol. The molecule has 0 amide bonds. The molecule has 0 aliphatic carbocycles. The van der Waals surface area contributed by atoms with Gasteiger partial charge in [-0.1, -0.05) is 31.4 Å². The molecule has 86 valence electrons. The molecule has 1 aromatic rings. The summed E-state index contributed by atoms with van der Waals surface area (Å²) in [5.74, 6) is 1.78. The Morgan fingerprint density at radius 2 is 2.06 bits per heavy atom. The van der Waals surface area contributed by atoms with Crippen LogP contribution in [0.4, 0.5) is 5.69 Å². The largest absolute Gasteiger partial charge is 0.465 e. The van der Waals surface area contributed by atoms with Crippen molar-refractivity contribution in [1.29, 1.82) is 0 Å². The maximum atomic E-state index is 11.2. The van der Waals surface area contributed by atoms with Crippen molar-refractivity contribution in [3.05, 3.63) is 28.3 Å². The molecule has 0 aliphatic rings. The fourth-order valence-electron chi connectivity index (χ4n) is 1.01. The normalized spacial score (nSPS) is 8.44. The molecule has 0 radical (unpaired) electrons. The number of carbonyl (C=O) groups excluding carboxylic acids is 1. The number of halogens is 1. The first kappa shape index (κ1) is 14.3. The van der Waals surface area contributed by atoms with Crippen LogP contribution in [0.1, 0.15) is 29.8 Å². The molecule has 1 aromatic carbocycles. The molecule has 3 nitrogen and oxygen atoms in total. The zero-order chi connectivity index (χ0) is 12.7. The highest BCUT2D eigenvalue weighted by Crippen LogP contribution is 2.26. The summed E-state index contributed by atoms with van der Waals surface area (Å²) in [5.41, 5.74) is 6.46. The number of benzene rings is 1. The van der Waals surface area contributed by atoms with Crippen molar-refractivity contribution >= 4 is 23.3 Å². The molecule has 4 heteroatoms. The summed E-state index contributed by atoms with van der Waals surface area (Å²) in [6.07, 6.45) is 5.20. The van der Waals surface area contributed by atoms with Gasteiger partial charge in [-0.15, -0.1) is 6.42 Å². The van der Waals surface area contributed by atoms with Crippen LogP contribution < -0.4 is 5.73 Å². The van der Waals surface area contributed by atoms with Crippen LogP contribution in [0.3, 0.4) is 0 Å². The second-order valence-electron chi connectivity index (χ2n) is 2.53. The number of nitrogen functional groups attached to an aromatic ring is 1. The zero-order valence-corrected chi connectivity index (χ0v) is 10.3. The Labute approximate surface area is 101 Å². The van der Waals surface area contributed by atoms with E-state index < -0.39 is 5.97 Å². The van der Waals surface area contributed by atoms with Crippen molar-refractivity contribution in [3.8, 4) is 12.3 Å². The number of nitrogens with two attached hydrogens (primary N) is 1. The summed E-state index contributed by atoms with van der Waals surface area (Å²) in [5, 5.41) is 0.152. The van der Waals surface area contributed by atoms with Gasteiger partial charge in [0.25, 0.3) is 0 Å². The van der Waals surface area contributed by atoms with E-state index in [0.717, 1.165) is 0 Å². The molecule has 16 heavy (non-hydrogen) atoms. The summed E-state index contributed by atoms with van der Waals surface area (Å²) in [6.45, 7) is 4.00. The van der Waals surface area contributed by atoms with Crippen molar-refractivity contribution < 1.29 is 9.53 Å². The maximum absolute atomic E-state index is 11.2.